The van der Waals surface area contributed by atoms with Gasteiger partial charge in [-0.1, -0.05) is 6.42 Å². The lowest BCUT2D eigenvalue weighted by Crippen LogP contribution is -2.50. The van der Waals surface area contributed by atoms with Crippen LogP contribution in [0.15, 0.2) is 15.9 Å². The molecule has 2 aliphatic rings. The van der Waals surface area contributed by atoms with Crippen molar-refractivity contribution in [2.45, 2.75) is 57.2 Å². The fourth-order valence-electron chi connectivity index (χ4n) is 3.65. The van der Waals surface area contributed by atoms with Crippen molar-refractivity contribution in [3.05, 3.63) is 20.8 Å². The SMILES string of the molecule is CC(c1ccc(Br)s1)N1CCCCC1C1CCCN1. The average Bonchev–Trinajstić information content (AvgIpc) is 3.09. The molecule has 3 unspecified atom stereocenters. The first-order chi connectivity index (χ1) is 9.25. The number of hydrogen-bond acceptors (Lipinski definition) is 3. The van der Waals surface area contributed by atoms with Crippen LogP contribution in [-0.2, 0) is 0 Å². The summed E-state index contributed by atoms with van der Waals surface area (Å²) in [6, 6.07) is 6.50. The summed E-state index contributed by atoms with van der Waals surface area (Å²) in [6.45, 7) is 4.86. The number of likely N-dealkylation sites (tertiary alicyclic amines) is 1. The van der Waals surface area contributed by atoms with E-state index in [-0.39, 0.29) is 0 Å². The van der Waals surface area contributed by atoms with Crippen molar-refractivity contribution in [2.75, 3.05) is 13.1 Å². The maximum absolute atomic E-state index is 3.72. The van der Waals surface area contributed by atoms with Gasteiger partial charge in [0.05, 0.1) is 3.79 Å². The number of halogens is 1. The van der Waals surface area contributed by atoms with Crippen LogP contribution in [0.1, 0.15) is 49.9 Å². The maximum atomic E-state index is 3.72. The van der Waals surface area contributed by atoms with E-state index in [1.54, 1.807) is 0 Å². The minimum atomic E-state index is 0.559. The van der Waals surface area contributed by atoms with Crippen LogP contribution in [0, 0.1) is 0 Å². The Balaban J connectivity index is 1.75. The molecule has 2 saturated heterocycles. The van der Waals surface area contributed by atoms with Crippen LogP contribution in [0.2, 0.25) is 0 Å². The Hall–Kier alpha value is 0.1000. The van der Waals surface area contributed by atoms with E-state index in [2.05, 4.69) is 45.2 Å². The Morgan fingerprint density at radius 3 is 2.89 bits per heavy atom. The molecule has 0 amide bonds. The van der Waals surface area contributed by atoms with Crippen molar-refractivity contribution >= 4 is 27.3 Å². The van der Waals surface area contributed by atoms with E-state index < -0.39 is 0 Å². The van der Waals surface area contributed by atoms with Gasteiger partial charge in [0, 0.05) is 23.0 Å². The predicted molar refractivity (Wildman–Crippen MR) is 85.8 cm³/mol. The minimum absolute atomic E-state index is 0.559. The lowest BCUT2D eigenvalue weighted by atomic mass is 9.93. The van der Waals surface area contributed by atoms with E-state index >= 15 is 0 Å². The van der Waals surface area contributed by atoms with Crippen molar-refractivity contribution in [1.82, 2.24) is 10.2 Å². The van der Waals surface area contributed by atoms with Crippen molar-refractivity contribution in [3.8, 4) is 0 Å². The fraction of sp³-hybridized carbons (Fsp3) is 0.733. The molecule has 19 heavy (non-hydrogen) atoms. The molecule has 1 aromatic heterocycles. The van der Waals surface area contributed by atoms with Crippen molar-refractivity contribution < 1.29 is 0 Å². The first-order valence-corrected chi connectivity index (χ1v) is 9.11. The van der Waals surface area contributed by atoms with Gasteiger partial charge in [0.2, 0.25) is 0 Å². The second kappa shape index (κ2) is 6.25. The third-order valence-electron chi connectivity index (χ3n) is 4.66. The smallest absolute Gasteiger partial charge is 0.0701 e. The van der Waals surface area contributed by atoms with Crippen LogP contribution in [0.25, 0.3) is 0 Å². The summed E-state index contributed by atoms with van der Waals surface area (Å²) in [6.07, 6.45) is 6.85. The first-order valence-electron chi connectivity index (χ1n) is 7.50. The van der Waals surface area contributed by atoms with E-state index in [0.717, 1.165) is 12.1 Å². The van der Waals surface area contributed by atoms with Gasteiger partial charge in [0.25, 0.3) is 0 Å². The van der Waals surface area contributed by atoms with Crippen molar-refractivity contribution in [2.24, 2.45) is 0 Å². The van der Waals surface area contributed by atoms with Crippen molar-refractivity contribution in [1.29, 1.82) is 0 Å². The molecule has 0 bridgehead atoms. The number of nitrogens with one attached hydrogen (secondary N) is 1. The maximum Gasteiger partial charge on any atom is 0.0701 e. The molecule has 0 aromatic carbocycles. The average molecular weight is 343 g/mol. The van der Waals surface area contributed by atoms with Crippen LogP contribution in [0.4, 0.5) is 0 Å². The lowest BCUT2D eigenvalue weighted by Gasteiger charge is -2.42. The molecular formula is C15H23BrN2S. The van der Waals surface area contributed by atoms with Gasteiger partial charge in [0.15, 0.2) is 0 Å². The van der Waals surface area contributed by atoms with E-state index in [4.69, 9.17) is 0 Å². The number of piperidine rings is 1. The largest absolute Gasteiger partial charge is 0.312 e. The second-order valence-electron chi connectivity index (χ2n) is 5.82. The van der Waals surface area contributed by atoms with Crippen LogP contribution in [-0.4, -0.2) is 30.1 Å². The molecular weight excluding hydrogens is 320 g/mol. The lowest BCUT2D eigenvalue weighted by molar-refractivity contribution is 0.0818. The quantitative estimate of drug-likeness (QED) is 0.886. The van der Waals surface area contributed by atoms with Crippen molar-refractivity contribution in [3.63, 3.8) is 0 Å². The summed E-state index contributed by atoms with van der Waals surface area (Å²) in [4.78, 5) is 4.25. The monoisotopic (exact) mass is 342 g/mol. The summed E-state index contributed by atoms with van der Waals surface area (Å²) >= 11 is 5.48. The van der Waals surface area contributed by atoms with Crippen LogP contribution in [0.3, 0.4) is 0 Å². The predicted octanol–water partition coefficient (Wildman–Crippen LogP) is 4.18. The molecule has 2 fully saturated rings. The normalized spacial score (nSPS) is 30.6. The van der Waals surface area contributed by atoms with Gasteiger partial charge >= 0.3 is 0 Å². The highest BCUT2D eigenvalue weighted by molar-refractivity contribution is 9.11. The number of hydrogen-bond donors (Lipinski definition) is 1. The standard InChI is InChI=1S/C15H23BrN2S/c1-11(14-7-8-15(16)19-14)18-10-3-2-6-13(18)12-5-4-9-17-12/h7-8,11-13,17H,2-6,9-10H2,1H3. The highest BCUT2D eigenvalue weighted by Gasteiger charge is 2.34. The Kier molecular flexibility index (Phi) is 4.62. The third kappa shape index (κ3) is 3.07. The van der Waals surface area contributed by atoms with E-state index in [1.807, 2.05) is 11.3 Å². The topological polar surface area (TPSA) is 15.3 Å². The highest BCUT2D eigenvalue weighted by Crippen LogP contribution is 2.35. The zero-order chi connectivity index (χ0) is 13.2. The van der Waals surface area contributed by atoms with Crippen LogP contribution >= 0.6 is 27.3 Å². The summed E-state index contributed by atoms with van der Waals surface area (Å²) < 4.78 is 1.25. The molecule has 2 aliphatic heterocycles. The molecule has 3 rings (SSSR count). The molecule has 0 radical (unpaired) electrons. The summed E-state index contributed by atoms with van der Waals surface area (Å²) in [5, 5.41) is 3.72. The fourth-order valence-corrected chi connectivity index (χ4v) is 5.15. The molecule has 0 aliphatic carbocycles. The molecule has 1 N–H and O–H groups in total. The number of thiophene rings is 1. The van der Waals surface area contributed by atoms with E-state index in [9.17, 15) is 0 Å². The molecule has 1 aromatic rings. The van der Waals surface area contributed by atoms with Gasteiger partial charge in [-0.2, -0.15) is 0 Å². The number of nitrogens with zero attached hydrogens (tertiary/aromatic N) is 1. The first kappa shape index (κ1) is 14.1. The Morgan fingerprint density at radius 1 is 1.32 bits per heavy atom. The summed E-state index contributed by atoms with van der Waals surface area (Å²) in [5.41, 5.74) is 0. The van der Waals surface area contributed by atoms with Gasteiger partial charge in [0.1, 0.15) is 0 Å². The van der Waals surface area contributed by atoms with Gasteiger partial charge in [-0.15, -0.1) is 11.3 Å². The van der Waals surface area contributed by atoms with Gasteiger partial charge in [-0.3, -0.25) is 4.90 Å². The number of rotatable bonds is 3. The molecule has 0 saturated carbocycles. The van der Waals surface area contributed by atoms with Gasteiger partial charge in [-0.25, -0.2) is 0 Å². The molecule has 2 nitrogen and oxygen atoms in total. The van der Waals surface area contributed by atoms with Gasteiger partial charge in [-0.05, 0) is 73.8 Å². The third-order valence-corrected chi connectivity index (χ3v) is 6.45. The van der Waals surface area contributed by atoms with E-state index in [0.29, 0.717) is 6.04 Å². The second-order valence-corrected chi connectivity index (χ2v) is 8.32. The Bertz CT molecular complexity index is 414. The Labute approximate surface area is 128 Å². The highest BCUT2D eigenvalue weighted by atomic mass is 79.9. The Morgan fingerprint density at radius 2 is 2.21 bits per heavy atom. The molecule has 3 atom stereocenters. The van der Waals surface area contributed by atoms with Gasteiger partial charge < -0.3 is 5.32 Å². The summed E-state index contributed by atoms with van der Waals surface area (Å²) in [5.74, 6) is 0. The van der Waals surface area contributed by atoms with Crippen LogP contribution < -0.4 is 5.32 Å². The zero-order valence-corrected chi connectivity index (χ0v) is 14.0. The molecule has 4 heteroatoms. The zero-order valence-electron chi connectivity index (χ0n) is 11.6. The van der Waals surface area contributed by atoms with E-state index in [1.165, 1.54) is 53.9 Å². The van der Waals surface area contributed by atoms with Crippen LogP contribution in [0.5, 0.6) is 0 Å². The minimum Gasteiger partial charge on any atom is -0.312 e. The molecule has 106 valence electrons. The molecule has 3 heterocycles. The molecule has 0 spiro atoms. The summed E-state index contributed by atoms with van der Waals surface area (Å²) in [7, 11) is 0.